The van der Waals surface area contributed by atoms with Gasteiger partial charge in [-0.05, 0) is 6.54 Å². The number of likely N-dealkylation sites (N-methyl/N-ethyl adjacent to an activating group) is 1. The molecule has 0 aliphatic carbocycles. The van der Waals surface area contributed by atoms with Gasteiger partial charge in [0.1, 0.15) is 0 Å². The third-order valence-corrected chi connectivity index (χ3v) is 2.49. The van der Waals surface area contributed by atoms with E-state index in [9.17, 15) is 0 Å². The van der Waals surface area contributed by atoms with Crippen LogP contribution in [0.25, 0.3) is 0 Å². The van der Waals surface area contributed by atoms with Gasteiger partial charge >= 0.3 is 0 Å². The third-order valence-electron chi connectivity index (χ3n) is 2.49. The van der Waals surface area contributed by atoms with E-state index in [1.54, 1.807) is 0 Å². The van der Waals surface area contributed by atoms with Gasteiger partial charge in [0, 0.05) is 65.4 Å². The highest BCUT2D eigenvalue weighted by molar-refractivity contribution is 4.57. The Bertz CT molecular complexity index is 130. The second-order valence-electron chi connectivity index (χ2n) is 4.14. The molecule has 0 amide bonds. The molecule has 0 fully saturated rings. The summed E-state index contributed by atoms with van der Waals surface area (Å²) in [6.07, 6.45) is 0. The normalized spacial score (nSPS) is 10.2. The van der Waals surface area contributed by atoms with E-state index in [1.807, 2.05) is 13.8 Å². The van der Waals surface area contributed by atoms with Crippen LogP contribution in [0.4, 0.5) is 0 Å². The summed E-state index contributed by atoms with van der Waals surface area (Å²) in [7, 11) is 0. The monoisotopic (exact) mass is 290 g/mol. The zero-order valence-corrected chi connectivity index (χ0v) is 13.9. The Balaban J connectivity index is 0. The van der Waals surface area contributed by atoms with Crippen LogP contribution in [-0.4, -0.2) is 72.0 Å². The van der Waals surface area contributed by atoms with Crippen molar-refractivity contribution in [1.29, 1.82) is 0 Å². The van der Waals surface area contributed by atoms with Crippen LogP contribution in [-0.2, 0) is 0 Å². The van der Waals surface area contributed by atoms with Crippen LogP contribution in [0.2, 0.25) is 0 Å². The first-order valence-corrected chi connectivity index (χ1v) is 8.15. The molecule has 0 radical (unpaired) electrons. The van der Waals surface area contributed by atoms with Gasteiger partial charge in [0.05, 0.1) is 0 Å². The molecule has 0 atom stereocenters. The van der Waals surface area contributed by atoms with E-state index in [-0.39, 0.29) is 0 Å². The first-order chi connectivity index (χ1) is 9.91. The fraction of sp³-hybridized carbons (Fsp3) is 1.00. The molecule has 6 nitrogen and oxygen atoms in total. The highest BCUT2D eigenvalue weighted by Crippen LogP contribution is 1.63. The fourth-order valence-corrected chi connectivity index (χ4v) is 1.49. The predicted octanol–water partition coefficient (Wildman–Crippen LogP) is -1.06. The van der Waals surface area contributed by atoms with Gasteiger partial charge in [0.25, 0.3) is 0 Å². The minimum absolute atomic E-state index is 0.711. The highest BCUT2D eigenvalue weighted by Gasteiger charge is 1.89. The van der Waals surface area contributed by atoms with Gasteiger partial charge in [-0.1, -0.05) is 20.8 Å². The largest absolute Gasteiger partial charge is 0.329 e. The van der Waals surface area contributed by atoms with Gasteiger partial charge < -0.3 is 32.3 Å². The van der Waals surface area contributed by atoms with Crippen molar-refractivity contribution in [2.75, 3.05) is 72.0 Å². The fourth-order valence-electron chi connectivity index (χ4n) is 1.49. The lowest BCUT2D eigenvalue weighted by molar-refractivity contribution is 0.561. The molecule has 0 spiro atoms. The van der Waals surface area contributed by atoms with Gasteiger partial charge in [-0.3, -0.25) is 0 Å². The van der Waals surface area contributed by atoms with E-state index in [1.165, 1.54) is 0 Å². The maximum absolute atomic E-state index is 5.37. The second kappa shape index (κ2) is 23.8. The van der Waals surface area contributed by atoms with E-state index < -0.39 is 0 Å². The van der Waals surface area contributed by atoms with Crippen LogP contribution in [0.15, 0.2) is 0 Å². The van der Waals surface area contributed by atoms with Crippen molar-refractivity contribution >= 4 is 0 Å². The molecule has 7 N–H and O–H groups in total. The summed E-state index contributed by atoms with van der Waals surface area (Å²) in [6.45, 7) is 17.0. The summed E-state index contributed by atoms with van der Waals surface area (Å²) in [5.74, 6) is 0. The summed E-state index contributed by atoms with van der Waals surface area (Å²) >= 11 is 0. The van der Waals surface area contributed by atoms with Gasteiger partial charge in [-0.25, -0.2) is 0 Å². The van der Waals surface area contributed by atoms with Crippen molar-refractivity contribution in [3.05, 3.63) is 0 Å². The quantitative estimate of drug-likeness (QED) is 0.216. The topological polar surface area (TPSA) is 86.2 Å². The molecular weight excluding hydrogens is 252 g/mol. The lowest BCUT2D eigenvalue weighted by atomic mass is 10.5. The predicted molar refractivity (Wildman–Crippen MR) is 90.4 cm³/mol. The Morgan fingerprint density at radius 3 is 1.15 bits per heavy atom. The zero-order valence-electron chi connectivity index (χ0n) is 13.9. The molecular formula is C14H38N6. The molecule has 0 rings (SSSR count). The van der Waals surface area contributed by atoms with Crippen molar-refractivity contribution in [3.8, 4) is 0 Å². The van der Waals surface area contributed by atoms with Crippen LogP contribution in [0.5, 0.6) is 0 Å². The zero-order chi connectivity index (χ0) is 15.3. The number of nitrogens with two attached hydrogens (primary N) is 1. The first kappa shape index (κ1) is 22.0. The molecule has 0 aliphatic rings. The van der Waals surface area contributed by atoms with Crippen molar-refractivity contribution in [2.24, 2.45) is 5.73 Å². The molecule has 0 aromatic carbocycles. The lowest BCUT2D eigenvalue weighted by Crippen LogP contribution is -2.37. The molecule has 6 heteroatoms. The number of hydrogen-bond acceptors (Lipinski definition) is 6. The molecule has 0 aromatic rings. The Morgan fingerprint density at radius 1 is 0.550 bits per heavy atom. The summed E-state index contributed by atoms with van der Waals surface area (Å²) in [5, 5.41) is 16.7. The van der Waals surface area contributed by atoms with Crippen LogP contribution >= 0.6 is 0 Å². The van der Waals surface area contributed by atoms with Gasteiger partial charge in [0.2, 0.25) is 0 Å². The van der Waals surface area contributed by atoms with Gasteiger partial charge in [-0.15, -0.1) is 0 Å². The molecule has 0 aromatic heterocycles. The minimum atomic E-state index is 0.711. The van der Waals surface area contributed by atoms with Crippen molar-refractivity contribution in [3.63, 3.8) is 0 Å². The van der Waals surface area contributed by atoms with Gasteiger partial charge in [0.15, 0.2) is 0 Å². The maximum atomic E-state index is 5.37. The Hall–Kier alpha value is -0.240. The van der Waals surface area contributed by atoms with E-state index in [0.717, 1.165) is 65.4 Å². The van der Waals surface area contributed by atoms with E-state index >= 15 is 0 Å². The average Bonchev–Trinajstić information content (AvgIpc) is 2.50. The van der Waals surface area contributed by atoms with E-state index in [4.69, 9.17) is 5.73 Å². The smallest absolute Gasteiger partial charge is 0.00772 e. The van der Waals surface area contributed by atoms with Gasteiger partial charge in [-0.2, -0.15) is 0 Å². The van der Waals surface area contributed by atoms with Crippen LogP contribution in [0.3, 0.4) is 0 Å². The number of nitrogens with one attached hydrogen (secondary N) is 5. The van der Waals surface area contributed by atoms with Crippen LogP contribution < -0.4 is 32.3 Å². The SMILES string of the molecule is CC.CCNCCNCCNCCNCCNCCN. The molecule has 0 bridgehead atoms. The Labute approximate surface area is 126 Å². The molecule has 0 aliphatic heterocycles. The van der Waals surface area contributed by atoms with Crippen LogP contribution in [0.1, 0.15) is 20.8 Å². The second-order valence-corrected chi connectivity index (χ2v) is 4.14. The van der Waals surface area contributed by atoms with Crippen molar-refractivity contribution in [1.82, 2.24) is 26.6 Å². The van der Waals surface area contributed by atoms with E-state index in [0.29, 0.717) is 6.54 Å². The summed E-state index contributed by atoms with van der Waals surface area (Å²) in [4.78, 5) is 0. The number of hydrogen-bond donors (Lipinski definition) is 6. The highest BCUT2D eigenvalue weighted by atomic mass is 15.0. The summed E-state index contributed by atoms with van der Waals surface area (Å²) in [6, 6.07) is 0. The Morgan fingerprint density at radius 2 is 0.850 bits per heavy atom. The molecule has 0 unspecified atom stereocenters. The first-order valence-electron chi connectivity index (χ1n) is 8.15. The average molecular weight is 291 g/mol. The molecule has 124 valence electrons. The minimum Gasteiger partial charge on any atom is -0.329 e. The third kappa shape index (κ3) is 22.9. The van der Waals surface area contributed by atoms with Crippen LogP contribution in [0, 0.1) is 0 Å². The maximum Gasteiger partial charge on any atom is 0.00772 e. The number of rotatable bonds is 15. The Kier molecular flexibility index (Phi) is 26.3. The van der Waals surface area contributed by atoms with E-state index in [2.05, 4.69) is 33.5 Å². The molecule has 0 saturated carbocycles. The molecule has 0 saturated heterocycles. The van der Waals surface area contributed by atoms with Crippen molar-refractivity contribution < 1.29 is 0 Å². The lowest BCUT2D eigenvalue weighted by Gasteiger charge is -2.08. The summed E-state index contributed by atoms with van der Waals surface area (Å²) < 4.78 is 0. The van der Waals surface area contributed by atoms with Crippen molar-refractivity contribution in [2.45, 2.75) is 20.8 Å². The standard InChI is InChI=1S/C12H32N6.C2H6/c1-2-14-5-6-16-9-10-18-12-11-17-8-7-15-4-3-13;1-2/h14-18H,2-13H2,1H3;1-2H3. The molecule has 0 heterocycles. The molecule has 20 heavy (non-hydrogen) atoms. The summed E-state index contributed by atoms with van der Waals surface area (Å²) in [5.41, 5.74) is 5.37.